The summed E-state index contributed by atoms with van der Waals surface area (Å²) in [6.45, 7) is 2.07. The van der Waals surface area contributed by atoms with Crippen LogP contribution in [0.3, 0.4) is 0 Å². The molecule has 2 nitrogen and oxygen atoms in total. The summed E-state index contributed by atoms with van der Waals surface area (Å²) in [6, 6.07) is 0. The Morgan fingerprint density at radius 3 is 2.44 bits per heavy atom. The lowest BCUT2D eigenvalue weighted by atomic mass is 10.7. The van der Waals surface area contributed by atoms with E-state index >= 15 is 0 Å². The van der Waals surface area contributed by atoms with Gasteiger partial charge in [-0.25, -0.2) is 0 Å². The van der Waals surface area contributed by atoms with Gasteiger partial charge in [-0.3, -0.25) is 5.41 Å². The van der Waals surface area contributed by atoms with E-state index in [0.29, 0.717) is 0 Å². The molecule has 1 atom stereocenters. The minimum absolute atomic E-state index is 0.162. The van der Waals surface area contributed by atoms with Crippen molar-refractivity contribution in [3.63, 3.8) is 0 Å². The first-order valence-electron chi connectivity index (χ1n) is 2.70. The Morgan fingerprint density at radius 1 is 1.78 bits per heavy atom. The summed E-state index contributed by atoms with van der Waals surface area (Å²) in [4.78, 5) is 0. The molecular formula is C5H12N2S2. The van der Waals surface area contributed by atoms with Crippen molar-refractivity contribution in [2.24, 2.45) is 5.73 Å². The zero-order chi connectivity index (χ0) is 7.28. The molecule has 0 spiro atoms. The molecule has 0 aliphatic heterocycles. The molecule has 0 aliphatic rings. The second-order valence-electron chi connectivity index (χ2n) is 1.48. The minimum atomic E-state index is 0.162. The highest BCUT2D eigenvalue weighted by molar-refractivity contribution is 8.17. The van der Waals surface area contributed by atoms with Gasteiger partial charge in [0.1, 0.15) is 10.4 Å². The fraction of sp³-hybridized carbons (Fsp3) is 0.800. The van der Waals surface area contributed by atoms with E-state index in [1.807, 2.05) is 6.26 Å². The van der Waals surface area contributed by atoms with Crippen molar-refractivity contribution in [1.29, 1.82) is 5.41 Å². The van der Waals surface area contributed by atoms with E-state index in [2.05, 4.69) is 6.92 Å². The molecule has 0 aromatic carbocycles. The van der Waals surface area contributed by atoms with E-state index in [9.17, 15) is 0 Å². The van der Waals surface area contributed by atoms with Crippen LogP contribution in [0.4, 0.5) is 0 Å². The third kappa shape index (κ3) is 3.70. The minimum Gasteiger partial charge on any atom is -0.386 e. The Bertz CT molecular complexity index is 95.0. The highest BCUT2D eigenvalue weighted by Gasteiger charge is 2.07. The molecule has 0 heterocycles. The van der Waals surface area contributed by atoms with Gasteiger partial charge < -0.3 is 5.73 Å². The molecule has 0 rings (SSSR count). The normalized spacial score (nSPS) is 13.1. The fourth-order valence-electron chi connectivity index (χ4n) is 0.436. The van der Waals surface area contributed by atoms with Crippen LogP contribution in [0.1, 0.15) is 6.92 Å². The first-order valence-corrected chi connectivity index (χ1v) is 5.04. The lowest BCUT2D eigenvalue weighted by Gasteiger charge is -2.09. The maximum Gasteiger partial charge on any atom is 0.114 e. The van der Waals surface area contributed by atoms with Crippen molar-refractivity contribution in [2.45, 2.75) is 11.5 Å². The molecule has 1 unspecified atom stereocenters. The van der Waals surface area contributed by atoms with Gasteiger partial charge in [-0.2, -0.15) is 0 Å². The molecule has 0 saturated heterocycles. The lowest BCUT2D eigenvalue weighted by molar-refractivity contribution is 1.39. The number of hydrogen-bond donors (Lipinski definition) is 2. The highest BCUT2D eigenvalue weighted by atomic mass is 32.2. The fourth-order valence-corrected chi connectivity index (χ4v) is 2.12. The van der Waals surface area contributed by atoms with Crippen LogP contribution < -0.4 is 5.73 Å². The van der Waals surface area contributed by atoms with Crippen LogP contribution >= 0.6 is 23.5 Å². The van der Waals surface area contributed by atoms with Crippen LogP contribution in [0.25, 0.3) is 0 Å². The van der Waals surface area contributed by atoms with E-state index in [-0.39, 0.29) is 10.4 Å². The molecule has 0 amide bonds. The van der Waals surface area contributed by atoms with Crippen molar-refractivity contribution in [2.75, 3.05) is 12.0 Å². The lowest BCUT2D eigenvalue weighted by Crippen LogP contribution is -2.21. The van der Waals surface area contributed by atoms with Gasteiger partial charge in [0.15, 0.2) is 0 Å². The molecule has 0 aliphatic carbocycles. The molecule has 0 radical (unpaired) electrons. The summed E-state index contributed by atoms with van der Waals surface area (Å²) in [7, 11) is 0. The van der Waals surface area contributed by atoms with Crippen LogP contribution in [0, 0.1) is 5.41 Å². The Hall–Kier alpha value is 0.170. The molecule has 3 N–H and O–H groups in total. The molecular weight excluding hydrogens is 152 g/mol. The standard InChI is InChI=1S/C5H12N2S2/c1-3-9-5(8-2)4(6)7/h5H,3H2,1-2H3,(H3,6,7). The second-order valence-corrected chi connectivity index (χ2v) is 4.10. The van der Waals surface area contributed by atoms with Crippen molar-refractivity contribution in [3.8, 4) is 0 Å². The first kappa shape index (κ1) is 9.17. The van der Waals surface area contributed by atoms with Gasteiger partial charge in [-0.1, -0.05) is 6.92 Å². The molecule has 0 fully saturated rings. The van der Waals surface area contributed by atoms with Crippen LogP contribution in [0.2, 0.25) is 0 Å². The summed E-state index contributed by atoms with van der Waals surface area (Å²) >= 11 is 3.31. The molecule has 0 saturated carbocycles. The Kier molecular flexibility index (Phi) is 5.09. The summed E-state index contributed by atoms with van der Waals surface area (Å²) in [6.07, 6.45) is 1.97. The number of hydrogen-bond acceptors (Lipinski definition) is 3. The van der Waals surface area contributed by atoms with E-state index in [1.165, 1.54) is 0 Å². The van der Waals surface area contributed by atoms with E-state index in [0.717, 1.165) is 5.75 Å². The maximum atomic E-state index is 7.09. The second kappa shape index (κ2) is 4.99. The number of nitrogens with one attached hydrogen (secondary N) is 1. The maximum absolute atomic E-state index is 7.09. The summed E-state index contributed by atoms with van der Waals surface area (Å²) in [5.41, 5.74) is 5.27. The quantitative estimate of drug-likeness (QED) is 0.375. The van der Waals surface area contributed by atoms with Crippen molar-refractivity contribution in [3.05, 3.63) is 0 Å². The average Bonchev–Trinajstić information content (AvgIpc) is 1.82. The topological polar surface area (TPSA) is 49.9 Å². The Balaban J connectivity index is 3.54. The Labute approximate surface area is 64.5 Å². The number of nitrogens with two attached hydrogens (primary N) is 1. The summed E-state index contributed by atoms with van der Waals surface area (Å²) in [5, 5.41) is 7.09. The van der Waals surface area contributed by atoms with Gasteiger partial charge in [-0.05, 0) is 12.0 Å². The summed E-state index contributed by atoms with van der Waals surface area (Å²) in [5.74, 6) is 1.29. The van der Waals surface area contributed by atoms with Crippen molar-refractivity contribution >= 4 is 29.4 Å². The van der Waals surface area contributed by atoms with Crippen molar-refractivity contribution in [1.82, 2.24) is 0 Å². The van der Waals surface area contributed by atoms with Crippen LogP contribution in [0.15, 0.2) is 0 Å². The number of amidine groups is 1. The van der Waals surface area contributed by atoms with Crippen LogP contribution in [0.5, 0.6) is 0 Å². The molecule has 0 aromatic rings. The van der Waals surface area contributed by atoms with Gasteiger partial charge >= 0.3 is 0 Å². The van der Waals surface area contributed by atoms with Crippen LogP contribution in [-0.4, -0.2) is 22.4 Å². The zero-order valence-corrected chi connectivity index (χ0v) is 7.31. The molecule has 4 heteroatoms. The predicted octanol–water partition coefficient (Wildman–Crippen LogP) is 1.36. The van der Waals surface area contributed by atoms with E-state index < -0.39 is 0 Å². The monoisotopic (exact) mass is 164 g/mol. The average molecular weight is 164 g/mol. The predicted molar refractivity (Wildman–Crippen MR) is 47.3 cm³/mol. The third-order valence-corrected chi connectivity index (χ3v) is 3.34. The number of rotatable bonds is 4. The Morgan fingerprint density at radius 2 is 2.33 bits per heavy atom. The summed E-state index contributed by atoms with van der Waals surface area (Å²) < 4.78 is 0.162. The van der Waals surface area contributed by atoms with Gasteiger partial charge in [0.25, 0.3) is 0 Å². The smallest absolute Gasteiger partial charge is 0.114 e. The van der Waals surface area contributed by atoms with Crippen molar-refractivity contribution < 1.29 is 0 Å². The van der Waals surface area contributed by atoms with Crippen LogP contribution in [-0.2, 0) is 0 Å². The molecule has 0 bridgehead atoms. The van der Waals surface area contributed by atoms with Gasteiger partial charge in [0.2, 0.25) is 0 Å². The zero-order valence-electron chi connectivity index (χ0n) is 5.68. The highest BCUT2D eigenvalue weighted by Crippen LogP contribution is 2.19. The third-order valence-electron chi connectivity index (χ3n) is 0.786. The SMILES string of the molecule is CCSC(SC)C(=N)N. The largest absolute Gasteiger partial charge is 0.386 e. The van der Waals surface area contributed by atoms with Gasteiger partial charge in [0.05, 0.1) is 0 Å². The van der Waals surface area contributed by atoms with Gasteiger partial charge in [0, 0.05) is 0 Å². The van der Waals surface area contributed by atoms with E-state index in [1.54, 1.807) is 23.5 Å². The molecule has 0 aromatic heterocycles. The first-order chi connectivity index (χ1) is 4.22. The molecule has 54 valence electrons. The van der Waals surface area contributed by atoms with E-state index in [4.69, 9.17) is 11.1 Å². The molecule has 9 heavy (non-hydrogen) atoms. The van der Waals surface area contributed by atoms with Gasteiger partial charge in [-0.15, -0.1) is 23.5 Å². The number of thioether (sulfide) groups is 2.